The molecule has 0 aliphatic carbocycles. The quantitative estimate of drug-likeness (QED) is 0.527. The van der Waals surface area contributed by atoms with Crippen LogP contribution < -0.4 is 0 Å². The molecule has 7 nitrogen and oxygen atoms in total. The van der Waals surface area contributed by atoms with E-state index in [9.17, 15) is 20.4 Å². The van der Waals surface area contributed by atoms with Crippen LogP contribution in [0.15, 0.2) is 48.5 Å². The van der Waals surface area contributed by atoms with Crippen molar-refractivity contribution < 1.29 is 25.2 Å². The van der Waals surface area contributed by atoms with Crippen molar-refractivity contribution in [2.24, 2.45) is 7.05 Å². The Morgan fingerprint density at radius 2 is 1.79 bits per heavy atom. The Kier molecular flexibility index (Phi) is 5.18. The number of fused-ring (bicyclic) bond motifs is 1. The molecular weight excluding hydrogens is 360 g/mol. The summed E-state index contributed by atoms with van der Waals surface area (Å²) in [6.45, 7) is -0.443. The first-order chi connectivity index (χ1) is 13.5. The van der Waals surface area contributed by atoms with Crippen LogP contribution in [-0.2, 0) is 18.2 Å². The van der Waals surface area contributed by atoms with E-state index < -0.39 is 37.1 Å². The topological polar surface area (TPSA) is 108 Å². The number of aromatic nitrogens is 2. The third-order valence-corrected chi connectivity index (χ3v) is 5.41. The van der Waals surface area contributed by atoms with Crippen molar-refractivity contribution in [3.63, 3.8) is 0 Å². The van der Waals surface area contributed by atoms with E-state index in [0.29, 0.717) is 12.0 Å². The number of hydrogen-bond acceptors (Lipinski definition) is 6. The Bertz CT molecular complexity index is 970. The number of aliphatic hydroxyl groups excluding tert-OH is 4. The average molecular weight is 384 g/mol. The van der Waals surface area contributed by atoms with E-state index in [-0.39, 0.29) is 0 Å². The van der Waals surface area contributed by atoms with Crippen LogP contribution in [0.5, 0.6) is 0 Å². The molecule has 1 aliphatic heterocycles. The Morgan fingerprint density at radius 3 is 2.54 bits per heavy atom. The van der Waals surface area contributed by atoms with Crippen molar-refractivity contribution in [1.29, 1.82) is 0 Å². The molecule has 0 unspecified atom stereocenters. The Hall–Kier alpha value is -2.29. The maximum atomic E-state index is 10.4. The summed E-state index contributed by atoms with van der Waals surface area (Å²) in [4.78, 5) is 4.69. The van der Waals surface area contributed by atoms with Crippen molar-refractivity contribution in [2.75, 3.05) is 6.61 Å². The second-order valence-electron chi connectivity index (χ2n) is 7.25. The van der Waals surface area contributed by atoms with Gasteiger partial charge in [0.15, 0.2) is 0 Å². The molecule has 1 aromatic heterocycles. The molecule has 4 N–H and O–H groups in total. The van der Waals surface area contributed by atoms with Gasteiger partial charge in [-0.3, -0.25) is 0 Å². The van der Waals surface area contributed by atoms with Crippen LogP contribution in [0.25, 0.3) is 11.0 Å². The Labute approximate surface area is 162 Å². The smallest absolute Gasteiger partial charge is 0.114 e. The van der Waals surface area contributed by atoms with E-state index in [4.69, 9.17) is 4.74 Å². The summed E-state index contributed by atoms with van der Waals surface area (Å²) < 4.78 is 7.71. The molecule has 1 aliphatic rings. The number of para-hydroxylation sites is 2. The number of aryl methyl sites for hydroxylation is 1. The zero-order valence-corrected chi connectivity index (χ0v) is 15.5. The largest absolute Gasteiger partial charge is 0.394 e. The zero-order chi connectivity index (χ0) is 19.8. The lowest BCUT2D eigenvalue weighted by Gasteiger charge is -2.40. The molecule has 1 fully saturated rings. The number of nitrogens with zero attached hydrogens (tertiary/aromatic N) is 2. The molecule has 0 bridgehead atoms. The molecule has 1 saturated heterocycles. The van der Waals surface area contributed by atoms with Gasteiger partial charge in [0.1, 0.15) is 36.3 Å². The third-order valence-electron chi connectivity index (χ3n) is 5.41. The summed E-state index contributed by atoms with van der Waals surface area (Å²) in [7, 11) is 1.98. The van der Waals surface area contributed by atoms with E-state index in [1.165, 1.54) is 0 Å². The first-order valence-corrected chi connectivity index (χ1v) is 9.29. The second-order valence-corrected chi connectivity index (χ2v) is 7.25. The molecule has 2 heterocycles. The third kappa shape index (κ3) is 3.32. The van der Waals surface area contributed by atoms with Gasteiger partial charge in [-0.15, -0.1) is 0 Å². The van der Waals surface area contributed by atoms with E-state index in [0.717, 1.165) is 22.4 Å². The van der Waals surface area contributed by atoms with Crippen LogP contribution in [0.1, 0.15) is 23.1 Å². The predicted molar refractivity (Wildman–Crippen MR) is 103 cm³/mol. The van der Waals surface area contributed by atoms with Crippen LogP contribution in [0, 0.1) is 0 Å². The van der Waals surface area contributed by atoms with Gasteiger partial charge < -0.3 is 29.7 Å². The highest BCUT2D eigenvalue weighted by Gasteiger charge is 2.43. The van der Waals surface area contributed by atoms with Gasteiger partial charge in [0.05, 0.1) is 17.6 Å². The zero-order valence-electron chi connectivity index (χ0n) is 15.5. The number of ether oxygens (including phenoxy) is 1. The first-order valence-electron chi connectivity index (χ1n) is 9.29. The summed E-state index contributed by atoms with van der Waals surface area (Å²) in [5.74, 6) is 0.909. The summed E-state index contributed by atoms with van der Waals surface area (Å²) in [5.41, 5.74) is 3.65. The lowest BCUT2D eigenvalue weighted by atomic mass is 9.90. The van der Waals surface area contributed by atoms with Crippen molar-refractivity contribution >= 4 is 11.0 Å². The summed E-state index contributed by atoms with van der Waals surface area (Å²) in [5, 5.41) is 39.8. The molecule has 148 valence electrons. The van der Waals surface area contributed by atoms with E-state index >= 15 is 0 Å². The predicted octanol–water partition coefficient (Wildman–Crippen LogP) is 0.679. The molecule has 0 amide bonds. The van der Waals surface area contributed by atoms with Crippen LogP contribution in [0.3, 0.4) is 0 Å². The minimum Gasteiger partial charge on any atom is -0.394 e. The van der Waals surface area contributed by atoms with Gasteiger partial charge in [-0.1, -0.05) is 36.4 Å². The Balaban J connectivity index is 1.61. The average Bonchev–Trinajstić information content (AvgIpc) is 3.02. The van der Waals surface area contributed by atoms with Gasteiger partial charge in [-0.2, -0.15) is 0 Å². The van der Waals surface area contributed by atoms with E-state index in [1.54, 1.807) is 6.07 Å². The lowest BCUT2D eigenvalue weighted by Crippen LogP contribution is -2.55. The van der Waals surface area contributed by atoms with Gasteiger partial charge in [0.2, 0.25) is 0 Å². The normalized spacial score (nSPS) is 28.0. The SMILES string of the molecule is Cn1c(Cc2cccc([C@@H]3O[C@H](CO)[C@@H](O)[C@H](O)[C@H]3O)c2)nc2ccccc21. The van der Waals surface area contributed by atoms with Gasteiger partial charge >= 0.3 is 0 Å². The van der Waals surface area contributed by atoms with Gasteiger partial charge in [0, 0.05) is 13.5 Å². The van der Waals surface area contributed by atoms with Gasteiger partial charge in [-0.25, -0.2) is 4.98 Å². The van der Waals surface area contributed by atoms with Crippen LogP contribution in [0.2, 0.25) is 0 Å². The molecule has 0 spiro atoms. The molecule has 2 aromatic carbocycles. The van der Waals surface area contributed by atoms with E-state index in [1.807, 2.05) is 49.5 Å². The summed E-state index contributed by atoms with van der Waals surface area (Å²) in [6.07, 6.45) is -5.21. The Morgan fingerprint density at radius 1 is 1.00 bits per heavy atom. The van der Waals surface area contributed by atoms with Gasteiger partial charge in [0.25, 0.3) is 0 Å². The molecule has 4 rings (SSSR count). The van der Waals surface area contributed by atoms with Crippen molar-refractivity contribution in [3.8, 4) is 0 Å². The molecule has 0 radical (unpaired) electrons. The fraction of sp³-hybridized carbons (Fsp3) is 0.381. The first kappa shape index (κ1) is 19.0. The van der Waals surface area contributed by atoms with Gasteiger partial charge in [-0.05, 0) is 23.3 Å². The highest BCUT2D eigenvalue weighted by Crippen LogP contribution is 2.33. The lowest BCUT2D eigenvalue weighted by molar-refractivity contribution is -0.231. The molecule has 7 heteroatoms. The monoisotopic (exact) mass is 384 g/mol. The van der Waals surface area contributed by atoms with Crippen LogP contribution in [-0.4, -0.2) is 61.0 Å². The molecule has 0 saturated carbocycles. The molecule has 3 aromatic rings. The van der Waals surface area contributed by atoms with Crippen LogP contribution >= 0.6 is 0 Å². The fourth-order valence-corrected chi connectivity index (χ4v) is 3.79. The highest BCUT2D eigenvalue weighted by atomic mass is 16.5. The number of imidazole rings is 1. The number of hydrogen-bond donors (Lipinski definition) is 4. The summed E-state index contributed by atoms with van der Waals surface area (Å²) in [6, 6.07) is 15.4. The minimum atomic E-state index is -1.39. The minimum absolute atomic E-state index is 0.443. The number of rotatable bonds is 4. The highest BCUT2D eigenvalue weighted by molar-refractivity contribution is 5.75. The van der Waals surface area contributed by atoms with Crippen molar-refractivity contribution in [3.05, 3.63) is 65.5 Å². The number of aliphatic hydroxyl groups is 4. The van der Waals surface area contributed by atoms with Crippen molar-refractivity contribution in [1.82, 2.24) is 9.55 Å². The fourth-order valence-electron chi connectivity index (χ4n) is 3.79. The molecule has 28 heavy (non-hydrogen) atoms. The molecular formula is C21H24N2O5. The molecule has 5 atom stereocenters. The standard InChI is InChI=1S/C21H24N2O5/c1-23-15-8-3-2-7-14(15)22-17(23)10-12-5-4-6-13(9-12)21-20(27)19(26)18(25)16(11-24)28-21/h2-9,16,18-21,24-27H,10-11H2,1H3/t16-,18-,19+,20-,21+/m1/s1. The van der Waals surface area contributed by atoms with Crippen LogP contribution in [0.4, 0.5) is 0 Å². The second kappa shape index (κ2) is 7.62. The van der Waals surface area contributed by atoms with E-state index in [2.05, 4.69) is 9.55 Å². The number of benzene rings is 2. The maximum Gasteiger partial charge on any atom is 0.114 e. The van der Waals surface area contributed by atoms with Crippen molar-refractivity contribution in [2.45, 2.75) is 36.9 Å². The maximum absolute atomic E-state index is 10.4. The summed E-state index contributed by atoms with van der Waals surface area (Å²) >= 11 is 0.